The minimum absolute atomic E-state index is 0.0445. The summed E-state index contributed by atoms with van der Waals surface area (Å²) in [5, 5.41) is 12.7. The van der Waals surface area contributed by atoms with E-state index in [2.05, 4.69) is 21.9 Å². The smallest absolute Gasteiger partial charge is 0.433 e. The first-order valence-electron chi connectivity index (χ1n) is 8.34. The largest absolute Gasteiger partial charge is 0.462 e. The Hall–Kier alpha value is -2.58. The van der Waals surface area contributed by atoms with Crippen molar-refractivity contribution >= 4 is 34.2 Å². The van der Waals surface area contributed by atoms with Gasteiger partial charge in [-0.3, -0.25) is 0 Å². The Bertz CT molecular complexity index is 952. The zero-order valence-corrected chi connectivity index (χ0v) is 17.2. The molecule has 29 heavy (non-hydrogen) atoms. The number of alkyl halides is 3. The minimum Gasteiger partial charge on any atom is -0.462 e. The Balaban J connectivity index is 2.36. The summed E-state index contributed by atoms with van der Waals surface area (Å²) in [5.74, 6) is -0.524. The fourth-order valence-electron chi connectivity index (χ4n) is 2.21. The highest BCUT2D eigenvalue weighted by Gasteiger charge is 2.34. The van der Waals surface area contributed by atoms with Gasteiger partial charge in [-0.2, -0.15) is 18.4 Å². The minimum atomic E-state index is -4.63. The normalized spacial score (nSPS) is 11.0. The number of ether oxygens (including phenoxy) is 1. The summed E-state index contributed by atoms with van der Waals surface area (Å²) < 4.78 is 44.3. The van der Waals surface area contributed by atoms with Crippen molar-refractivity contribution in [1.82, 2.24) is 9.97 Å². The quantitative estimate of drug-likeness (QED) is 0.357. The maximum atomic E-state index is 13.1. The molecule has 0 fully saturated rings. The number of pyridine rings is 1. The van der Waals surface area contributed by atoms with E-state index in [0.717, 1.165) is 29.2 Å². The summed E-state index contributed by atoms with van der Waals surface area (Å²) in [5.41, 5.74) is -0.505. The third-order valence-electron chi connectivity index (χ3n) is 3.49. The van der Waals surface area contributed by atoms with Gasteiger partial charge in [-0.25, -0.2) is 14.8 Å². The van der Waals surface area contributed by atoms with Crippen LogP contribution >= 0.6 is 23.1 Å². The van der Waals surface area contributed by atoms with Crippen molar-refractivity contribution in [3.63, 3.8) is 0 Å². The van der Waals surface area contributed by atoms with Crippen molar-refractivity contribution in [2.24, 2.45) is 0 Å². The molecule has 0 amide bonds. The number of rotatable bonds is 8. The Morgan fingerprint density at radius 3 is 2.79 bits per heavy atom. The van der Waals surface area contributed by atoms with Crippen molar-refractivity contribution in [2.75, 3.05) is 18.5 Å². The van der Waals surface area contributed by atoms with Gasteiger partial charge >= 0.3 is 12.1 Å². The average Bonchev–Trinajstić information content (AvgIpc) is 3.07. The molecule has 2 heterocycles. The van der Waals surface area contributed by atoms with Gasteiger partial charge in [0, 0.05) is 12.3 Å². The molecule has 0 aromatic carbocycles. The molecule has 154 valence electrons. The van der Waals surface area contributed by atoms with Gasteiger partial charge in [0.25, 0.3) is 0 Å². The van der Waals surface area contributed by atoms with Crippen molar-refractivity contribution < 1.29 is 22.7 Å². The Morgan fingerprint density at radius 2 is 2.21 bits per heavy atom. The Kier molecular flexibility index (Phi) is 7.64. The first-order chi connectivity index (χ1) is 13.7. The van der Waals surface area contributed by atoms with Crippen molar-refractivity contribution in [2.45, 2.75) is 30.8 Å². The maximum absolute atomic E-state index is 13.1. The lowest BCUT2D eigenvalue weighted by atomic mass is 10.1. The molecule has 2 rings (SSSR count). The van der Waals surface area contributed by atoms with Crippen LogP contribution in [0.5, 0.6) is 0 Å². The van der Waals surface area contributed by atoms with Crippen LogP contribution in [-0.4, -0.2) is 29.1 Å². The second kappa shape index (κ2) is 9.76. The molecule has 0 unspecified atom stereocenters. The molecular weight excluding hydrogens is 425 g/mol. The first kappa shape index (κ1) is 22.7. The maximum Gasteiger partial charge on any atom is 0.433 e. The molecule has 0 atom stereocenters. The van der Waals surface area contributed by atoms with Gasteiger partial charge in [0.15, 0.2) is 5.13 Å². The van der Waals surface area contributed by atoms with Crippen LogP contribution in [0.4, 0.5) is 18.3 Å². The molecule has 0 aliphatic carbocycles. The second-order valence-electron chi connectivity index (χ2n) is 5.59. The Labute approximate surface area is 173 Å². The van der Waals surface area contributed by atoms with Crippen LogP contribution < -0.4 is 5.32 Å². The first-order valence-corrected chi connectivity index (χ1v) is 10.1. The van der Waals surface area contributed by atoms with Crippen LogP contribution in [0.15, 0.2) is 23.7 Å². The lowest BCUT2D eigenvalue weighted by Crippen LogP contribution is -2.10. The van der Waals surface area contributed by atoms with E-state index in [1.165, 1.54) is 6.92 Å². The zero-order valence-electron chi connectivity index (χ0n) is 15.6. The van der Waals surface area contributed by atoms with Gasteiger partial charge in [0.1, 0.15) is 21.7 Å². The van der Waals surface area contributed by atoms with Gasteiger partial charge in [-0.1, -0.05) is 29.2 Å². The number of aryl methyl sites for hydroxylation is 1. The van der Waals surface area contributed by atoms with E-state index in [-0.39, 0.29) is 33.4 Å². The predicted molar refractivity (Wildman–Crippen MR) is 105 cm³/mol. The highest BCUT2D eigenvalue weighted by atomic mass is 32.2. The molecular formula is C18H17F3N4O2S2. The van der Waals surface area contributed by atoms with Gasteiger partial charge < -0.3 is 10.1 Å². The summed E-state index contributed by atoms with van der Waals surface area (Å²) in [4.78, 5) is 20.4. The third-order valence-corrected chi connectivity index (χ3v) is 5.51. The van der Waals surface area contributed by atoms with Crippen LogP contribution in [0.2, 0.25) is 0 Å². The summed E-state index contributed by atoms with van der Waals surface area (Å²) in [7, 11) is 0. The van der Waals surface area contributed by atoms with Gasteiger partial charge in [-0.05, 0) is 25.5 Å². The number of hydrogen-bond acceptors (Lipinski definition) is 8. The molecule has 0 aliphatic rings. The number of carbonyl (C=O) groups is 1. The molecule has 0 saturated heterocycles. The van der Waals surface area contributed by atoms with E-state index in [1.807, 2.05) is 6.07 Å². The number of nitriles is 1. The van der Waals surface area contributed by atoms with Crippen LogP contribution in [-0.2, 0) is 16.7 Å². The second-order valence-corrected chi connectivity index (χ2v) is 7.55. The number of halogens is 3. The standard InChI is InChI=1S/C18H17F3N4O2S2/c1-4-6-23-17-24-12(14(29-17)16(26)27-5-2)9-28-15-11(8-22)10(3)7-13(25-15)18(19,20)21/h4,7H,1,5-6,9H2,2-3H3,(H,23,24). The fraction of sp³-hybridized carbons (Fsp3) is 0.333. The van der Waals surface area contributed by atoms with Gasteiger partial charge in [-0.15, -0.1) is 6.58 Å². The van der Waals surface area contributed by atoms with Crippen molar-refractivity contribution in [3.8, 4) is 6.07 Å². The molecule has 0 saturated carbocycles. The van der Waals surface area contributed by atoms with Crippen LogP contribution in [0.3, 0.4) is 0 Å². The highest BCUT2D eigenvalue weighted by Crippen LogP contribution is 2.35. The molecule has 6 nitrogen and oxygen atoms in total. The topological polar surface area (TPSA) is 87.9 Å². The number of esters is 1. The van der Waals surface area contributed by atoms with Crippen LogP contribution in [0.1, 0.15) is 39.1 Å². The summed E-state index contributed by atoms with van der Waals surface area (Å²) in [6, 6.07) is 2.73. The summed E-state index contributed by atoms with van der Waals surface area (Å²) in [6.07, 6.45) is -3.01. The van der Waals surface area contributed by atoms with E-state index in [1.54, 1.807) is 13.0 Å². The molecule has 0 radical (unpaired) electrons. The summed E-state index contributed by atoms with van der Waals surface area (Å²) in [6.45, 7) is 7.27. The number of nitrogens with one attached hydrogen (secondary N) is 1. The zero-order chi connectivity index (χ0) is 21.6. The Morgan fingerprint density at radius 1 is 1.48 bits per heavy atom. The van der Waals surface area contributed by atoms with E-state index < -0.39 is 17.8 Å². The van der Waals surface area contributed by atoms with E-state index in [0.29, 0.717) is 17.4 Å². The number of thioether (sulfide) groups is 1. The van der Waals surface area contributed by atoms with E-state index in [4.69, 9.17) is 4.74 Å². The molecule has 0 bridgehead atoms. The average molecular weight is 442 g/mol. The SMILES string of the molecule is C=CCNc1nc(CSc2nc(C(F)(F)F)cc(C)c2C#N)c(C(=O)OCC)s1. The predicted octanol–water partition coefficient (Wildman–Crippen LogP) is 4.80. The lowest BCUT2D eigenvalue weighted by molar-refractivity contribution is -0.141. The van der Waals surface area contributed by atoms with E-state index >= 15 is 0 Å². The molecule has 0 spiro atoms. The molecule has 2 aromatic heterocycles. The monoisotopic (exact) mass is 442 g/mol. The number of aromatic nitrogens is 2. The highest BCUT2D eigenvalue weighted by molar-refractivity contribution is 7.98. The van der Waals surface area contributed by atoms with Crippen molar-refractivity contribution in [3.05, 3.63) is 46.1 Å². The number of carbonyl (C=O) groups excluding carboxylic acids is 1. The van der Waals surface area contributed by atoms with Crippen LogP contribution in [0, 0.1) is 18.3 Å². The molecule has 2 aromatic rings. The molecule has 1 N–H and O–H groups in total. The number of thiazole rings is 1. The molecule has 0 aliphatic heterocycles. The molecule has 11 heteroatoms. The van der Waals surface area contributed by atoms with Gasteiger partial charge in [0.2, 0.25) is 0 Å². The van der Waals surface area contributed by atoms with Crippen molar-refractivity contribution in [1.29, 1.82) is 5.26 Å². The fourth-order valence-corrected chi connectivity index (χ4v) is 4.18. The number of nitrogens with zero attached hydrogens (tertiary/aromatic N) is 3. The van der Waals surface area contributed by atoms with Gasteiger partial charge in [0.05, 0.1) is 17.9 Å². The summed E-state index contributed by atoms with van der Waals surface area (Å²) >= 11 is 1.99. The number of hydrogen-bond donors (Lipinski definition) is 1. The lowest BCUT2D eigenvalue weighted by Gasteiger charge is -2.11. The third kappa shape index (κ3) is 5.71. The number of anilines is 1. The van der Waals surface area contributed by atoms with Crippen LogP contribution in [0.25, 0.3) is 0 Å². The van der Waals surface area contributed by atoms with E-state index in [9.17, 15) is 23.2 Å².